The molecule has 1 aliphatic rings. The zero-order valence-corrected chi connectivity index (χ0v) is 14.1. The molecule has 0 saturated carbocycles. The third-order valence-electron chi connectivity index (χ3n) is 4.97. The summed E-state index contributed by atoms with van der Waals surface area (Å²) in [6.45, 7) is 4.43. The zero-order valence-electron chi connectivity index (χ0n) is 14.1. The van der Waals surface area contributed by atoms with E-state index in [9.17, 15) is 0 Å². The second-order valence-electron chi connectivity index (χ2n) is 6.75. The molecule has 2 aromatic carbocycles. The summed E-state index contributed by atoms with van der Waals surface area (Å²) in [5, 5.41) is 4.83. The fraction of sp³-hybridized carbons (Fsp3) is 0.333. The third kappa shape index (κ3) is 3.46. The van der Waals surface area contributed by atoms with E-state index in [4.69, 9.17) is 0 Å². The molecule has 0 atom stereocenters. The summed E-state index contributed by atoms with van der Waals surface area (Å²) in [4.78, 5) is 5.90. The first-order valence-electron chi connectivity index (χ1n) is 8.99. The highest BCUT2D eigenvalue weighted by Gasteiger charge is 2.10. The van der Waals surface area contributed by atoms with E-state index in [0.29, 0.717) is 0 Å². The monoisotopic (exact) mass is 319 g/mol. The molecule has 3 nitrogen and oxygen atoms in total. The van der Waals surface area contributed by atoms with Crippen molar-refractivity contribution in [3.8, 4) is 0 Å². The number of anilines is 1. The molecule has 0 bridgehead atoms. The van der Waals surface area contributed by atoms with Gasteiger partial charge in [0, 0.05) is 35.9 Å². The molecule has 0 aliphatic carbocycles. The van der Waals surface area contributed by atoms with Gasteiger partial charge < -0.3 is 10.3 Å². The van der Waals surface area contributed by atoms with Gasteiger partial charge in [0.25, 0.3) is 0 Å². The number of benzene rings is 2. The van der Waals surface area contributed by atoms with E-state index in [1.54, 1.807) is 0 Å². The molecule has 3 aromatic rings. The molecular weight excluding hydrogens is 294 g/mol. The predicted molar refractivity (Wildman–Crippen MR) is 101 cm³/mol. The summed E-state index contributed by atoms with van der Waals surface area (Å²) in [7, 11) is 0. The molecule has 1 aliphatic heterocycles. The van der Waals surface area contributed by atoms with Crippen molar-refractivity contribution in [3.63, 3.8) is 0 Å². The quantitative estimate of drug-likeness (QED) is 0.710. The Morgan fingerprint density at radius 1 is 0.917 bits per heavy atom. The number of fused-ring (bicyclic) bond motifs is 1. The minimum absolute atomic E-state index is 0.843. The molecule has 4 rings (SSSR count). The van der Waals surface area contributed by atoms with Crippen molar-refractivity contribution in [3.05, 3.63) is 65.9 Å². The van der Waals surface area contributed by atoms with Crippen LogP contribution in [0.25, 0.3) is 10.9 Å². The minimum atomic E-state index is 0.843. The van der Waals surface area contributed by atoms with Crippen molar-refractivity contribution in [1.82, 2.24) is 9.88 Å². The van der Waals surface area contributed by atoms with E-state index < -0.39 is 0 Å². The zero-order chi connectivity index (χ0) is 16.2. The molecule has 0 amide bonds. The van der Waals surface area contributed by atoms with Crippen molar-refractivity contribution in [2.75, 3.05) is 18.4 Å². The highest BCUT2D eigenvalue weighted by Crippen LogP contribution is 2.20. The van der Waals surface area contributed by atoms with Crippen LogP contribution in [0.2, 0.25) is 0 Å². The van der Waals surface area contributed by atoms with Crippen molar-refractivity contribution in [1.29, 1.82) is 0 Å². The van der Waals surface area contributed by atoms with Gasteiger partial charge in [-0.3, -0.25) is 4.90 Å². The Morgan fingerprint density at radius 3 is 2.54 bits per heavy atom. The molecule has 0 radical (unpaired) electrons. The fourth-order valence-corrected chi connectivity index (χ4v) is 3.58. The second kappa shape index (κ2) is 7.10. The molecule has 1 fully saturated rings. The van der Waals surface area contributed by atoms with Crippen LogP contribution >= 0.6 is 0 Å². The number of rotatable bonds is 5. The van der Waals surface area contributed by atoms with Crippen LogP contribution in [0.4, 0.5) is 5.69 Å². The van der Waals surface area contributed by atoms with Gasteiger partial charge in [0.05, 0.1) is 0 Å². The molecule has 1 aromatic heterocycles. The summed E-state index contributed by atoms with van der Waals surface area (Å²) < 4.78 is 0. The average molecular weight is 319 g/mol. The average Bonchev–Trinajstić information content (AvgIpc) is 3.05. The van der Waals surface area contributed by atoms with Crippen molar-refractivity contribution in [2.45, 2.75) is 32.4 Å². The van der Waals surface area contributed by atoms with Crippen LogP contribution in [0.3, 0.4) is 0 Å². The van der Waals surface area contributed by atoms with Crippen LogP contribution in [-0.2, 0) is 13.1 Å². The molecular formula is C21H25N3. The first-order valence-corrected chi connectivity index (χ1v) is 8.99. The molecule has 3 heteroatoms. The van der Waals surface area contributed by atoms with E-state index in [-0.39, 0.29) is 0 Å². The fourth-order valence-electron chi connectivity index (χ4n) is 3.58. The summed E-state index contributed by atoms with van der Waals surface area (Å²) in [5.41, 5.74) is 5.10. The van der Waals surface area contributed by atoms with Gasteiger partial charge in [0.2, 0.25) is 0 Å². The van der Waals surface area contributed by atoms with Gasteiger partial charge in [-0.2, -0.15) is 0 Å². The molecule has 2 heterocycles. The van der Waals surface area contributed by atoms with E-state index in [1.807, 2.05) is 0 Å². The van der Waals surface area contributed by atoms with Gasteiger partial charge in [-0.1, -0.05) is 36.8 Å². The van der Waals surface area contributed by atoms with Gasteiger partial charge in [0.15, 0.2) is 0 Å². The number of aromatic amines is 1. The lowest BCUT2D eigenvalue weighted by Crippen LogP contribution is -2.29. The lowest BCUT2D eigenvalue weighted by molar-refractivity contribution is 0.221. The van der Waals surface area contributed by atoms with Gasteiger partial charge in [-0.25, -0.2) is 0 Å². The number of aromatic nitrogens is 1. The second-order valence-corrected chi connectivity index (χ2v) is 6.75. The van der Waals surface area contributed by atoms with Gasteiger partial charge in [0.1, 0.15) is 0 Å². The number of H-pyrrole nitrogens is 1. The number of piperidine rings is 1. The number of hydrogen-bond acceptors (Lipinski definition) is 2. The SMILES string of the molecule is c1ccc2c(CNc3ccc(CN4CCCCC4)cc3)c[nH]c2c1. The largest absolute Gasteiger partial charge is 0.381 e. The van der Waals surface area contributed by atoms with Crippen LogP contribution in [0.1, 0.15) is 30.4 Å². The van der Waals surface area contributed by atoms with E-state index >= 15 is 0 Å². The molecule has 24 heavy (non-hydrogen) atoms. The number of para-hydroxylation sites is 1. The maximum atomic E-state index is 3.54. The van der Waals surface area contributed by atoms with Gasteiger partial charge in [-0.05, 0) is 55.3 Å². The Morgan fingerprint density at radius 2 is 1.71 bits per heavy atom. The molecule has 2 N–H and O–H groups in total. The highest BCUT2D eigenvalue weighted by molar-refractivity contribution is 5.83. The van der Waals surface area contributed by atoms with Gasteiger partial charge in [-0.15, -0.1) is 0 Å². The molecule has 0 unspecified atom stereocenters. The van der Waals surface area contributed by atoms with Crippen LogP contribution in [0.15, 0.2) is 54.7 Å². The minimum Gasteiger partial charge on any atom is -0.381 e. The molecule has 1 saturated heterocycles. The molecule has 0 spiro atoms. The number of nitrogens with one attached hydrogen (secondary N) is 2. The lowest BCUT2D eigenvalue weighted by atomic mass is 10.1. The summed E-state index contributed by atoms with van der Waals surface area (Å²) in [6.07, 6.45) is 6.20. The number of hydrogen-bond donors (Lipinski definition) is 2. The Hall–Kier alpha value is -2.26. The Balaban J connectivity index is 1.36. The lowest BCUT2D eigenvalue weighted by Gasteiger charge is -2.26. The normalized spacial score (nSPS) is 15.7. The van der Waals surface area contributed by atoms with Crippen LogP contribution in [-0.4, -0.2) is 23.0 Å². The van der Waals surface area contributed by atoms with Crippen LogP contribution < -0.4 is 5.32 Å². The first kappa shape index (κ1) is 15.3. The van der Waals surface area contributed by atoms with E-state index in [2.05, 4.69) is 69.9 Å². The van der Waals surface area contributed by atoms with Crippen LogP contribution in [0, 0.1) is 0 Å². The smallest absolute Gasteiger partial charge is 0.0457 e. The summed E-state index contributed by atoms with van der Waals surface area (Å²) >= 11 is 0. The van der Waals surface area contributed by atoms with Gasteiger partial charge >= 0.3 is 0 Å². The Kier molecular flexibility index (Phi) is 4.52. The van der Waals surface area contributed by atoms with Crippen molar-refractivity contribution >= 4 is 16.6 Å². The Bertz CT molecular complexity index is 782. The highest BCUT2D eigenvalue weighted by atomic mass is 15.1. The molecule has 124 valence electrons. The third-order valence-corrected chi connectivity index (χ3v) is 4.97. The standard InChI is InChI=1S/C21H25N3/c1-4-12-24(13-5-1)16-17-8-10-19(11-9-17)22-14-18-15-23-21-7-3-2-6-20(18)21/h2-3,6-11,15,22-23H,1,4-5,12-14,16H2. The van der Waals surface area contributed by atoms with E-state index in [0.717, 1.165) is 13.1 Å². The first-order chi connectivity index (χ1) is 11.9. The number of nitrogens with zero attached hydrogens (tertiary/aromatic N) is 1. The topological polar surface area (TPSA) is 31.1 Å². The number of likely N-dealkylation sites (tertiary alicyclic amines) is 1. The Labute approximate surface area is 143 Å². The maximum absolute atomic E-state index is 3.54. The summed E-state index contributed by atoms with van der Waals surface area (Å²) in [6, 6.07) is 17.4. The van der Waals surface area contributed by atoms with Crippen molar-refractivity contribution < 1.29 is 0 Å². The maximum Gasteiger partial charge on any atom is 0.0457 e. The summed E-state index contributed by atoms with van der Waals surface area (Å²) in [5.74, 6) is 0. The van der Waals surface area contributed by atoms with E-state index in [1.165, 1.54) is 60.1 Å². The van der Waals surface area contributed by atoms with Crippen LogP contribution in [0.5, 0.6) is 0 Å². The predicted octanol–water partition coefficient (Wildman–Crippen LogP) is 4.77. The van der Waals surface area contributed by atoms with Crippen molar-refractivity contribution in [2.24, 2.45) is 0 Å².